The molecular formula is C21H20N2O3S. The Kier molecular flexibility index (Phi) is 3.55. The fourth-order valence-electron chi connectivity index (χ4n) is 5.31. The molecule has 0 aromatic heterocycles. The van der Waals surface area contributed by atoms with Crippen LogP contribution in [-0.4, -0.2) is 47.6 Å². The molecule has 0 bridgehead atoms. The summed E-state index contributed by atoms with van der Waals surface area (Å²) in [4.78, 5) is 40.9. The predicted octanol–water partition coefficient (Wildman–Crippen LogP) is 2.19. The van der Waals surface area contributed by atoms with Crippen molar-refractivity contribution in [1.82, 2.24) is 10.2 Å². The third-order valence-electron chi connectivity index (χ3n) is 6.45. The van der Waals surface area contributed by atoms with Crippen LogP contribution < -0.4 is 5.32 Å². The molecule has 0 saturated carbocycles. The lowest BCUT2D eigenvalue weighted by molar-refractivity contribution is -0.139. The molecule has 1 N–H and O–H groups in total. The highest BCUT2D eigenvalue weighted by atomic mass is 32.2. The van der Waals surface area contributed by atoms with E-state index in [1.165, 1.54) is 11.9 Å². The molecule has 138 valence electrons. The van der Waals surface area contributed by atoms with Crippen LogP contribution in [0, 0.1) is 11.8 Å². The van der Waals surface area contributed by atoms with Crippen LogP contribution in [0.15, 0.2) is 36.4 Å². The lowest BCUT2D eigenvalue weighted by Crippen LogP contribution is -2.52. The molecule has 6 heteroatoms. The van der Waals surface area contributed by atoms with Gasteiger partial charge in [-0.3, -0.25) is 24.6 Å². The zero-order chi connectivity index (χ0) is 18.9. The number of thioether (sulfide) groups is 1. The molecule has 0 radical (unpaired) electrons. The Morgan fingerprint density at radius 3 is 2.59 bits per heavy atom. The molecule has 5 rings (SSSR count). The molecule has 0 unspecified atom stereocenters. The smallest absolute Gasteiger partial charge is 0.235 e. The van der Waals surface area contributed by atoms with Crippen LogP contribution in [0.2, 0.25) is 0 Å². The Morgan fingerprint density at radius 1 is 1.11 bits per heavy atom. The van der Waals surface area contributed by atoms with Gasteiger partial charge >= 0.3 is 0 Å². The van der Waals surface area contributed by atoms with Crippen molar-refractivity contribution in [3.8, 4) is 0 Å². The fourth-order valence-corrected chi connectivity index (χ4v) is 5.80. The van der Waals surface area contributed by atoms with Crippen LogP contribution in [-0.2, 0) is 15.1 Å². The average Bonchev–Trinajstić information content (AvgIpc) is 3.23. The maximum atomic E-state index is 13.7. The molecule has 2 heterocycles. The number of amides is 2. The van der Waals surface area contributed by atoms with Gasteiger partial charge in [-0.1, -0.05) is 36.4 Å². The molecule has 2 fully saturated rings. The van der Waals surface area contributed by atoms with Gasteiger partial charge in [0.25, 0.3) is 0 Å². The van der Waals surface area contributed by atoms with Gasteiger partial charge in [-0.15, -0.1) is 0 Å². The van der Waals surface area contributed by atoms with Gasteiger partial charge in [-0.25, -0.2) is 0 Å². The zero-order valence-corrected chi connectivity index (χ0v) is 16.0. The average molecular weight is 380 g/mol. The summed E-state index contributed by atoms with van der Waals surface area (Å²) in [7, 11) is 1.54. The van der Waals surface area contributed by atoms with Crippen LogP contribution in [0.3, 0.4) is 0 Å². The van der Waals surface area contributed by atoms with Crippen molar-refractivity contribution in [3.05, 3.63) is 47.5 Å². The molecule has 2 saturated heterocycles. The van der Waals surface area contributed by atoms with Crippen LogP contribution >= 0.6 is 11.8 Å². The van der Waals surface area contributed by atoms with Gasteiger partial charge in [0, 0.05) is 18.7 Å². The number of ketones is 1. The Hall–Kier alpha value is -2.18. The van der Waals surface area contributed by atoms with E-state index in [0.717, 1.165) is 28.5 Å². The van der Waals surface area contributed by atoms with E-state index in [9.17, 15) is 14.4 Å². The third kappa shape index (κ3) is 1.92. The Bertz CT molecular complexity index is 1010. The Labute approximate surface area is 161 Å². The molecule has 5 nitrogen and oxygen atoms in total. The first-order chi connectivity index (χ1) is 13.0. The van der Waals surface area contributed by atoms with E-state index in [0.29, 0.717) is 5.56 Å². The quantitative estimate of drug-likeness (QED) is 0.827. The van der Waals surface area contributed by atoms with Crippen molar-refractivity contribution in [2.75, 3.05) is 19.1 Å². The SMILES string of the molecule is CSCC[C@@H]1N[C@@]2(C(=O)c3cccc4cccc2c34)[C@@H]2C(=O)N(C)C(=O)[C@H]12. The van der Waals surface area contributed by atoms with Gasteiger partial charge in [-0.2, -0.15) is 11.8 Å². The number of hydrogen-bond acceptors (Lipinski definition) is 5. The van der Waals surface area contributed by atoms with Crippen LogP contribution in [0.25, 0.3) is 10.8 Å². The summed E-state index contributed by atoms with van der Waals surface area (Å²) in [5.41, 5.74) is 0.363. The van der Waals surface area contributed by atoms with Crippen molar-refractivity contribution in [3.63, 3.8) is 0 Å². The summed E-state index contributed by atoms with van der Waals surface area (Å²) in [6.45, 7) is 0. The van der Waals surface area contributed by atoms with Gasteiger partial charge in [0.05, 0.1) is 11.8 Å². The van der Waals surface area contributed by atoms with Gasteiger partial charge < -0.3 is 0 Å². The molecular weight excluding hydrogens is 360 g/mol. The maximum Gasteiger partial charge on any atom is 0.235 e. The van der Waals surface area contributed by atoms with E-state index >= 15 is 0 Å². The third-order valence-corrected chi connectivity index (χ3v) is 7.09. The van der Waals surface area contributed by atoms with E-state index < -0.39 is 17.4 Å². The second-order valence-corrected chi connectivity index (χ2v) is 8.60. The summed E-state index contributed by atoms with van der Waals surface area (Å²) in [5.74, 6) is -0.783. The molecule has 4 atom stereocenters. The molecule has 1 aliphatic carbocycles. The second kappa shape index (κ2) is 5.66. The molecule has 2 aromatic rings. The minimum absolute atomic E-state index is 0.0765. The largest absolute Gasteiger partial charge is 0.297 e. The van der Waals surface area contributed by atoms with Gasteiger partial charge in [0.1, 0.15) is 5.54 Å². The number of rotatable bonds is 3. The number of imide groups is 1. The van der Waals surface area contributed by atoms with E-state index in [1.807, 2.05) is 42.7 Å². The predicted molar refractivity (Wildman–Crippen MR) is 105 cm³/mol. The van der Waals surface area contributed by atoms with E-state index in [-0.39, 0.29) is 23.6 Å². The number of nitrogens with zero attached hydrogens (tertiary/aromatic N) is 1. The molecule has 1 spiro atoms. The van der Waals surface area contributed by atoms with Crippen molar-refractivity contribution in [2.45, 2.75) is 18.0 Å². The number of carbonyl (C=O) groups excluding carboxylic acids is 3. The van der Waals surface area contributed by atoms with Crippen LogP contribution in [0.4, 0.5) is 0 Å². The number of carbonyl (C=O) groups is 3. The number of fused-ring (bicyclic) bond motifs is 3. The second-order valence-electron chi connectivity index (χ2n) is 7.62. The first-order valence-electron chi connectivity index (χ1n) is 9.17. The zero-order valence-electron chi connectivity index (χ0n) is 15.2. The summed E-state index contributed by atoms with van der Waals surface area (Å²) in [6, 6.07) is 11.4. The summed E-state index contributed by atoms with van der Waals surface area (Å²) >= 11 is 1.70. The number of likely N-dealkylation sites (tertiary alicyclic amines) is 1. The maximum absolute atomic E-state index is 13.7. The number of benzene rings is 2. The van der Waals surface area contributed by atoms with Gasteiger partial charge in [-0.05, 0) is 34.8 Å². The Morgan fingerprint density at radius 2 is 1.85 bits per heavy atom. The number of hydrogen-bond donors (Lipinski definition) is 1. The monoisotopic (exact) mass is 380 g/mol. The topological polar surface area (TPSA) is 66.5 Å². The van der Waals surface area contributed by atoms with Crippen molar-refractivity contribution in [2.24, 2.45) is 11.8 Å². The highest BCUT2D eigenvalue weighted by molar-refractivity contribution is 7.98. The van der Waals surface area contributed by atoms with Crippen molar-refractivity contribution >= 4 is 40.1 Å². The molecule has 3 aliphatic rings. The normalized spacial score (nSPS) is 31.6. The minimum atomic E-state index is -1.13. The lowest BCUT2D eigenvalue weighted by Gasteiger charge is -2.30. The van der Waals surface area contributed by atoms with Crippen molar-refractivity contribution in [1.29, 1.82) is 0 Å². The summed E-state index contributed by atoms with van der Waals surface area (Å²) in [5, 5.41) is 5.42. The highest BCUT2D eigenvalue weighted by Gasteiger charge is 2.69. The molecule has 2 aliphatic heterocycles. The summed E-state index contributed by atoms with van der Waals surface area (Å²) in [6.07, 6.45) is 2.77. The Balaban J connectivity index is 1.75. The van der Waals surface area contributed by atoms with E-state index in [2.05, 4.69) is 5.32 Å². The van der Waals surface area contributed by atoms with Gasteiger partial charge in [0.15, 0.2) is 5.78 Å². The van der Waals surface area contributed by atoms with Crippen LogP contribution in [0.1, 0.15) is 22.3 Å². The summed E-state index contributed by atoms with van der Waals surface area (Å²) < 4.78 is 0. The van der Waals surface area contributed by atoms with Crippen LogP contribution in [0.5, 0.6) is 0 Å². The van der Waals surface area contributed by atoms with E-state index in [1.54, 1.807) is 11.8 Å². The lowest BCUT2D eigenvalue weighted by atomic mass is 9.75. The standard InChI is InChI=1S/C21H20N2O3S/c1-23-19(25)16-14(9-10-27-2)22-21(17(16)20(23)26)13-8-4-6-11-5-3-7-12(15(11)13)18(21)24/h3-8,14,16-17,22H,9-10H2,1-2H3/t14-,16+,17-,21+/m0/s1. The van der Waals surface area contributed by atoms with Crippen molar-refractivity contribution < 1.29 is 14.4 Å². The number of nitrogens with one attached hydrogen (secondary N) is 1. The van der Waals surface area contributed by atoms with E-state index in [4.69, 9.17) is 0 Å². The fraction of sp³-hybridized carbons (Fsp3) is 0.381. The molecule has 2 aromatic carbocycles. The first kappa shape index (κ1) is 17.0. The number of Topliss-reactive ketones (excluding diaryl/α,β-unsaturated/α-hetero) is 1. The molecule has 27 heavy (non-hydrogen) atoms. The minimum Gasteiger partial charge on any atom is -0.297 e. The molecule has 2 amide bonds. The first-order valence-corrected chi connectivity index (χ1v) is 10.6. The van der Waals surface area contributed by atoms with Gasteiger partial charge in [0.2, 0.25) is 11.8 Å². The highest BCUT2D eigenvalue weighted by Crippen LogP contribution is 2.54.